The van der Waals surface area contributed by atoms with Gasteiger partial charge in [0.1, 0.15) is 0 Å². The number of carbonyl (C=O) groups excluding carboxylic acids is 1. The molecular formula is C17H17Cl2N3O3. The number of carboxylic acids is 1. The number of carbonyl (C=O) groups is 2. The number of amides is 2. The first kappa shape index (κ1) is 19.1. The Hall–Kier alpha value is -2.28. The van der Waals surface area contributed by atoms with E-state index in [1.165, 1.54) is 17.0 Å². The van der Waals surface area contributed by atoms with Gasteiger partial charge in [0.05, 0.1) is 5.56 Å². The molecule has 0 unspecified atom stereocenters. The van der Waals surface area contributed by atoms with Crippen LogP contribution in [-0.4, -0.2) is 35.1 Å². The number of nitrogens with two attached hydrogens (primary N) is 1. The molecule has 0 aromatic heterocycles. The molecule has 4 N–H and O–H groups in total. The molecule has 8 heteroatoms. The summed E-state index contributed by atoms with van der Waals surface area (Å²) in [5, 5.41) is 12.6. The van der Waals surface area contributed by atoms with Crippen molar-refractivity contribution in [3.63, 3.8) is 0 Å². The third-order valence-corrected chi connectivity index (χ3v) is 3.78. The van der Waals surface area contributed by atoms with Crippen molar-refractivity contribution in [3.8, 4) is 0 Å². The molecule has 0 aliphatic carbocycles. The Morgan fingerprint density at radius 2 is 1.80 bits per heavy atom. The van der Waals surface area contributed by atoms with Crippen LogP contribution in [0.5, 0.6) is 0 Å². The Bertz CT molecular complexity index is 763. The minimum Gasteiger partial charge on any atom is -0.478 e. The van der Waals surface area contributed by atoms with E-state index in [9.17, 15) is 9.59 Å². The summed E-state index contributed by atoms with van der Waals surface area (Å²) < 4.78 is 0. The van der Waals surface area contributed by atoms with Crippen LogP contribution in [0, 0.1) is 0 Å². The number of carboxylic acid groups (broad SMARTS) is 1. The molecule has 0 aliphatic heterocycles. The summed E-state index contributed by atoms with van der Waals surface area (Å²) in [4.78, 5) is 25.1. The Morgan fingerprint density at radius 3 is 2.40 bits per heavy atom. The van der Waals surface area contributed by atoms with Gasteiger partial charge in [0.25, 0.3) is 0 Å². The standard InChI is InChI=1S/C17H17Cl2N3O3/c18-13-7-14(19)9-15(8-13)21-17(25)22(5-4-20)10-11-2-1-3-12(6-11)16(23)24/h1-3,6-9H,4-5,10,20H2,(H,21,25)(H,23,24). The topological polar surface area (TPSA) is 95.7 Å². The normalized spacial score (nSPS) is 10.4. The van der Waals surface area contributed by atoms with Gasteiger partial charge in [0.15, 0.2) is 0 Å². The second-order valence-corrected chi connectivity index (χ2v) is 6.18. The molecule has 132 valence electrons. The first-order chi connectivity index (χ1) is 11.9. The van der Waals surface area contributed by atoms with E-state index in [1.807, 2.05) is 0 Å². The summed E-state index contributed by atoms with van der Waals surface area (Å²) in [5.41, 5.74) is 6.89. The van der Waals surface area contributed by atoms with Gasteiger partial charge < -0.3 is 21.1 Å². The van der Waals surface area contributed by atoms with E-state index < -0.39 is 5.97 Å². The molecule has 0 heterocycles. The maximum absolute atomic E-state index is 12.5. The van der Waals surface area contributed by atoms with Crippen LogP contribution in [0.15, 0.2) is 42.5 Å². The summed E-state index contributed by atoms with van der Waals surface area (Å²) in [7, 11) is 0. The zero-order valence-electron chi connectivity index (χ0n) is 13.2. The summed E-state index contributed by atoms with van der Waals surface area (Å²) in [6.45, 7) is 0.790. The lowest BCUT2D eigenvalue weighted by atomic mass is 10.1. The van der Waals surface area contributed by atoms with Gasteiger partial charge in [-0.1, -0.05) is 35.3 Å². The molecule has 6 nitrogen and oxygen atoms in total. The van der Waals surface area contributed by atoms with E-state index in [1.54, 1.807) is 30.3 Å². The van der Waals surface area contributed by atoms with Crippen molar-refractivity contribution in [2.45, 2.75) is 6.54 Å². The highest BCUT2D eigenvalue weighted by molar-refractivity contribution is 6.35. The molecule has 0 bridgehead atoms. The second kappa shape index (κ2) is 8.71. The lowest BCUT2D eigenvalue weighted by Crippen LogP contribution is -2.38. The van der Waals surface area contributed by atoms with Crippen LogP contribution in [0.2, 0.25) is 10.0 Å². The van der Waals surface area contributed by atoms with Gasteiger partial charge in [-0.3, -0.25) is 0 Å². The number of hydrogen-bond acceptors (Lipinski definition) is 3. The molecule has 2 rings (SSSR count). The van der Waals surface area contributed by atoms with Gasteiger partial charge in [0.2, 0.25) is 0 Å². The SMILES string of the molecule is NCCN(Cc1cccc(C(=O)O)c1)C(=O)Nc1cc(Cl)cc(Cl)c1. The fraction of sp³-hybridized carbons (Fsp3) is 0.176. The van der Waals surface area contributed by atoms with E-state index in [4.69, 9.17) is 34.0 Å². The maximum Gasteiger partial charge on any atom is 0.335 e. The average molecular weight is 382 g/mol. The lowest BCUT2D eigenvalue weighted by Gasteiger charge is -2.23. The largest absolute Gasteiger partial charge is 0.478 e. The summed E-state index contributed by atoms with van der Waals surface area (Å²) in [6, 6.07) is 10.7. The molecule has 0 aliphatic rings. The molecule has 0 spiro atoms. The highest BCUT2D eigenvalue weighted by Gasteiger charge is 2.15. The van der Waals surface area contributed by atoms with Gasteiger partial charge in [-0.2, -0.15) is 0 Å². The van der Waals surface area contributed by atoms with Crippen LogP contribution in [0.3, 0.4) is 0 Å². The number of halogens is 2. The number of nitrogens with one attached hydrogen (secondary N) is 1. The zero-order chi connectivity index (χ0) is 18.4. The van der Waals surface area contributed by atoms with Crippen molar-refractivity contribution < 1.29 is 14.7 Å². The first-order valence-electron chi connectivity index (χ1n) is 7.43. The number of benzene rings is 2. The quantitative estimate of drug-likeness (QED) is 0.710. The number of urea groups is 1. The molecule has 0 radical (unpaired) electrons. The van der Waals surface area contributed by atoms with Crippen LogP contribution >= 0.6 is 23.2 Å². The van der Waals surface area contributed by atoms with E-state index in [2.05, 4.69) is 5.32 Å². The number of aromatic carboxylic acids is 1. The first-order valence-corrected chi connectivity index (χ1v) is 8.19. The monoisotopic (exact) mass is 381 g/mol. The van der Waals surface area contributed by atoms with Crippen LogP contribution in [0.1, 0.15) is 15.9 Å². The van der Waals surface area contributed by atoms with Gasteiger partial charge in [0, 0.05) is 35.4 Å². The summed E-state index contributed by atoms with van der Waals surface area (Å²) in [6.07, 6.45) is 0. The number of nitrogens with zero attached hydrogens (tertiary/aromatic N) is 1. The molecule has 2 aromatic rings. The number of hydrogen-bond donors (Lipinski definition) is 3. The molecule has 2 aromatic carbocycles. The predicted molar refractivity (Wildman–Crippen MR) is 98.3 cm³/mol. The van der Waals surface area contributed by atoms with Crippen molar-refractivity contribution >= 4 is 40.9 Å². The summed E-state index contributed by atoms with van der Waals surface area (Å²) in [5.74, 6) is -1.02. The average Bonchev–Trinajstić information content (AvgIpc) is 2.53. The fourth-order valence-corrected chi connectivity index (χ4v) is 2.79. The van der Waals surface area contributed by atoms with Crippen molar-refractivity contribution in [3.05, 3.63) is 63.6 Å². The zero-order valence-corrected chi connectivity index (χ0v) is 14.7. The molecular weight excluding hydrogens is 365 g/mol. The van der Waals surface area contributed by atoms with Gasteiger partial charge in [-0.15, -0.1) is 0 Å². The van der Waals surface area contributed by atoms with E-state index in [0.29, 0.717) is 27.8 Å². The highest BCUT2D eigenvalue weighted by atomic mass is 35.5. The minimum absolute atomic E-state index is 0.159. The highest BCUT2D eigenvalue weighted by Crippen LogP contribution is 2.23. The Morgan fingerprint density at radius 1 is 1.12 bits per heavy atom. The maximum atomic E-state index is 12.5. The fourth-order valence-electron chi connectivity index (χ4n) is 2.26. The molecule has 0 saturated carbocycles. The Balaban J connectivity index is 2.15. The molecule has 2 amide bonds. The van der Waals surface area contributed by atoms with Crippen LogP contribution in [0.25, 0.3) is 0 Å². The molecule has 0 saturated heterocycles. The van der Waals surface area contributed by atoms with Gasteiger partial charge in [-0.05, 0) is 35.9 Å². The van der Waals surface area contributed by atoms with Crippen molar-refractivity contribution in [2.24, 2.45) is 5.73 Å². The van der Waals surface area contributed by atoms with E-state index in [-0.39, 0.29) is 24.7 Å². The third-order valence-electron chi connectivity index (χ3n) is 3.35. The smallest absolute Gasteiger partial charge is 0.335 e. The van der Waals surface area contributed by atoms with E-state index >= 15 is 0 Å². The third kappa shape index (κ3) is 5.63. The van der Waals surface area contributed by atoms with Crippen LogP contribution in [0.4, 0.5) is 10.5 Å². The molecule has 0 fully saturated rings. The number of rotatable bonds is 6. The minimum atomic E-state index is -1.02. The second-order valence-electron chi connectivity index (χ2n) is 5.30. The van der Waals surface area contributed by atoms with Crippen molar-refractivity contribution in [1.29, 1.82) is 0 Å². The number of anilines is 1. The molecule has 25 heavy (non-hydrogen) atoms. The predicted octanol–water partition coefficient (Wildman–Crippen LogP) is 3.68. The lowest BCUT2D eigenvalue weighted by molar-refractivity contribution is 0.0696. The Kier molecular flexibility index (Phi) is 6.64. The van der Waals surface area contributed by atoms with E-state index in [0.717, 1.165) is 0 Å². The summed E-state index contributed by atoms with van der Waals surface area (Å²) >= 11 is 11.9. The van der Waals surface area contributed by atoms with Crippen LogP contribution < -0.4 is 11.1 Å². The van der Waals surface area contributed by atoms with Gasteiger partial charge >= 0.3 is 12.0 Å². The van der Waals surface area contributed by atoms with Gasteiger partial charge in [-0.25, -0.2) is 9.59 Å². The van der Waals surface area contributed by atoms with Crippen LogP contribution in [-0.2, 0) is 6.54 Å². The van der Waals surface area contributed by atoms with Crippen molar-refractivity contribution in [2.75, 3.05) is 18.4 Å². The van der Waals surface area contributed by atoms with Crippen molar-refractivity contribution in [1.82, 2.24) is 4.90 Å². The molecule has 0 atom stereocenters. The Labute approximate surface area is 155 Å².